The van der Waals surface area contributed by atoms with Gasteiger partial charge in [-0.25, -0.2) is 8.42 Å². The van der Waals surface area contributed by atoms with Gasteiger partial charge in [0.15, 0.2) is 5.75 Å². The fourth-order valence-electron chi connectivity index (χ4n) is 2.27. The maximum absolute atomic E-state index is 12.1. The zero-order chi connectivity index (χ0) is 13.1. The van der Waals surface area contributed by atoms with Crippen LogP contribution in [0.25, 0.3) is 0 Å². The van der Waals surface area contributed by atoms with Crippen LogP contribution in [0.1, 0.15) is 26.2 Å². The highest BCUT2D eigenvalue weighted by molar-refractivity contribution is 7.89. The van der Waals surface area contributed by atoms with Crippen molar-refractivity contribution in [3.8, 4) is 0 Å². The number of piperidine rings is 1. The highest BCUT2D eigenvalue weighted by Crippen LogP contribution is 2.25. The van der Waals surface area contributed by atoms with Crippen LogP contribution < -0.4 is 5.73 Å². The molecule has 1 aliphatic heterocycles. The molecule has 0 amide bonds. The molecular formula is C10H20N2O4S. The molecule has 0 aromatic rings. The molecule has 1 rings (SSSR count). The fourth-order valence-corrected chi connectivity index (χ4v) is 4.13. The Morgan fingerprint density at radius 2 is 2.12 bits per heavy atom. The number of esters is 1. The van der Waals surface area contributed by atoms with Crippen LogP contribution in [0.5, 0.6) is 0 Å². The average molecular weight is 264 g/mol. The molecule has 1 heterocycles. The second-order valence-corrected chi connectivity index (χ2v) is 6.21. The van der Waals surface area contributed by atoms with Crippen LogP contribution in [-0.2, 0) is 19.6 Å². The van der Waals surface area contributed by atoms with Crippen molar-refractivity contribution in [2.24, 2.45) is 5.73 Å². The summed E-state index contributed by atoms with van der Waals surface area (Å²) in [5.41, 5.74) is 5.59. The minimum absolute atomic E-state index is 0.105. The van der Waals surface area contributed by atoms with Gasteiger partial charge >= 0.3 is 5.97 Å². The zero-order valence-electron chi connectivity index (χ0n) is 10.3. The molecule has 17 heavy (non-hydrogen) atoms. The van der Waals surface area contributed by atoms with Crippen molar-refractivity contribution in [2.75, 3.05) is 19.4 Å². The van der Waals surface area contributed by atoms with Gasteiger partial charge < -0.3 is 10.5 Å². The molecule has 7 heteroatoms. The summed E-state index contributed by atoms with van der Waals surface area (Å²) in [6.45, 7) is 2.13. The van der Waals surface area contributed by atoms with Crippen molar-refractivity contribution in [1.82, 2.24) is 4.31 Å². The molecule has 1 fully saturated rings. The van der Waals surface area contributed by atoms with Crippen molar-refractivity contribution in [3.05, 3.63) is 0 Å². The number of methoxy groups -OCH3 is 1. The van der Waals surface area contributed by atoms with E-state index in [1.807, 2.05) is 6.92 Å². The Morgan fingerprint density at radius 3 is 2.65 bits per heavy atom. The summed E-state index contributed by atoms with van der Waals surface area (Å²) in [6.07, 6.45) is 2.52. The molecule has 0 radical (unpaired) electrons. The number of nitrogens with two attached hydrogens (primary N) is 1. The van der Waals surface area contributed by atoms with Crippen LogP contribution >= 0.6 is 0 Å². The van der Waals surface area contributed by atoms with E-state index in [1.165, 1.54) is 11.4 Å². The van der Waals surface area contributed by atoms with E-state index in [9.17, 15) is 13.2 Å². The summed E-state index contributed by atoms with van der Waals surface area (Å²) < 4.78 is 30.0. The number of carbonyl (C=O) groups excluding carboxylic acids is 1. The van der Waals surface area contributed by atoms with Crippen molar-refractivity contribution in [3.63, 3.8) is 0 Å². The topological polar surface area (TPSA) is 89.7 Å². The van der Waals surface area contributed by atoms with Crippen LogP contribution in [0.4, 0.5) is 0 Å². The second kappa shape index (κ2) is 5.79. The van der Waals surface area contributed by atoms with Crippen LogP contribution in [0.3, 0.4) is 0 Å². The first kappa shape index (κ1) is 14.4. The Balaban J connectivity index is 2.89. The van der Waals surface area contributed by atoms with Gasteiger partial charge in [0.05, 0.1) is 7.11 Å². The Labute approximate surface area is 102 Å². The maximum atomic E-state index is 12.1. The summed E-state index contributed by atoms with van der Waals surface area (Å²) in [5, 5.41) is 0. The monoisotopic (exact) mass is 264 g/mol. The van der Waals surface area contributed by atoms with Gasteiger partial charge in [0.2, 0.25) is 10.0 Å². The summed E-state index contributed by atoms with van der Waals surface area (Å²) in [6, 6.07) is -0.305. The predicted molar refractivity (Wildman–Crippen MR) is 63.8 cm³/mol. The van der Waals surface area contributed by atoms with Crippen molar-refractivity contribution in [1.29, 1.82) is 0 Å². The van der Waals surface area contributed by atoms with Crippen LogP contribution in [0.2, 0.25) is 0 Å². The number of sulfonamides is 1. The fraction of sp³-hybridized carbons (Fsp3) is 0.900. The lowest BCUT2D eigenvalue weighted by Crippen LogP contribution is -2.53. The smallest absolute Gasteiger partial charge is 0.322 e. The normalized spacial score (nSPS) is 26.8. The van der Waals surface area contributed by atoms with E-state index in [4.69, 9.17) is 5.73 Å². The van der Waals surface area contributed by atoms with Crippen molar-refractivity contribution in [2.45, 2.75) is 38.3 Å². The largest absolute Gasteiger partial charge is 0.468 e. The molecule has 1 aliphatic rings. The van der Waals surface area contributed by atoms with Crippen molar-refractivity contribution >= 4 is 16.0 Å². The first-order valence-corrected chi connectivity index (χ1v) is 7.31. The van der Waals surface area contributed by atoms with E-state index in [2.05, 4.69) is 4.74 Å². The lowest BCUT2D eigenvalue weighted by molar-refractivity contribution is -0.137. The molecule has 0 saturated carbocycles. The molecule has 1 saturated heterocycles. The van der Waals surface area contributed by atoms with E-state index in [0.717, 1.165) is 19.3 Å². The molecule has 2 atom stereocenters. The number of ether oxygens (including phenoxy) is 1. The number of carbonyl (C=O) groups is 1. The van der Waals surface area contributed by atoms with Crippen LogP contribution in [0, 0.1) is 0 Å². The van der Waals surface area contributed by atoms with Gasteiger partial charge in [-0.1, -0.05) is 6.42 Å². The molecule has 0 aromatic carbocycles. The van der Waals surface area contributed by atoms with Gasteiger partial charge in [0.1, 0.15) is 0 Å². The molecule has 2 N–H and O–H groups in total. The molecule has 2 unspecified atom stereocenters. The summed E-state index contributed by atoms with van der Waals surface area (Å²) in [5.74, 6) is -1.34. The van der Waals surface area contributed by atoms with Gasteiger partial charge in [-0.05, 0) is 19.8 Å². The number of nitrogens with zero attached hydrogens (tertiary/aromatic N) is 1. The lowest BCUT2D eigenvalue weighted by Gasteiger charge is -2.38. The molecular weight excluding hydrogens is 244 g/mol. The third-order valence-corrected chi connectivity index (χ3v) is 4.98. The molecule has 6 nitrogen and oxygen atoms in total. The maximum Gasteiger partial charge on any atom is 0.322 e. The highest BCUT2D eigenvalue weighted by atomic mass is 32.2. The van der Waals surface area contributed by atoms with Crippen LogP contribution in [0.15, 0.2) is 0 Å². The van der Waals surface area contributed by atoms with Gasteiger partial charge in [-0.15, -0.1) is 0 Å². The van der Waals surface area contributed by atoms with Gasteiger partial charge in [0.25, 0.3) is 0 Å². The Kier molecular flexibility index (Phi) is 4.91. The third kappa shape index (κ3) is 3.40. The highest BCUT2D eigenvalue weighted by Gasteiger charge is 2.37. The van der Waals surface area contributed by atoms with Crippen LogP contribution in [-0.4, -0.2) is 50.2 Å². The van der Waals surface area contributed by atoms with E-state index in [1.54, 1.807) is 0 Å². The first-order valence-electron chi connectivity index (χ1n) is 5.70. The second-order valence-electron chi connectivity index (χ2n) is 4.33. The van der Waals surface area contributed by atoms with Crippen molar-refractivity contribution < 1.29 is 17.9 Å². The Hall–Kier alpha value is -0.660. The SMILES string of the molecule is COC(=O)CS(=O)(=O)N1C(C)CCCC1CN. The minimum atomic E-state index is -3.63. The standard InChI is InChI=1S/C10H20N2O4S/c1-8-4-3-5-9(6-11)12(8)17(14,15)7-10(13)16-2/h8-9H,3-7,11H2,1-2H3. The first-order chi connectivity index (χ1) is 7.92. The summed E-state index contributed by atoms with van der Waals surface area (Å²) >= 11 is 0. The van der Waals surface area contributed by atoms with E-state index >= 15 is 0 Å². The van der Waals surface area contributed by atoms with E-state index in [-0.39, 0.29) is 18.6 Å². The Morgan fingerprint density at radius 1 is 1.47 bits per heavy atom. The third-order valence-electron chi connectivity index (χ3n) is 3.07. The minimum Gasteiger partial charge on any atom is -0.468 e. The lowest BCUT2D eigenvalue weighted by atomic mass is 10.00. The Bertz CT molecular complexity index is 369. The number of hydrogen-bond acceptors (Lipinski definition) is 5. The number of rotatable bonds is 4. The summed E-state index contributed by atoms with van der Waals surface area (Å²) in [4.78, 5) is 11.1. The van der Waals surface area contributed by atoms with Gasteiger partial charge in [-0.2, -0.15) is 4.31 Å². The summed E-state index contributed by atoms with van der Waals surface area (Å²) in [7, 11) is -2.45. The zero-order valence-corrected chi connectivity index (χ0v) is 11.1. The molecule has 0 aromatic heterocycles. The molecule has 100 valence electrons. The number of hydrogen-bond donors (Lipinski definition) is 1. The molecule has 0 bridgehead atoms. The molecule has 0 aliphatic carbocycles. The average Bonchev–Trinajstić information content (AvgIpc) is 2.27. The predicted octanol–water partition coefficient (Wildman–Crippen LogP) is -0.309. The molecule has 0 spiro atoms. The van der Waals surface area contributed by atoms with Gasteiger partial charge in [-0.3, -0.25) is 4.79 Å². The van der Waals surface area contributed by atoms with E-state index < -0.39 is 21.7 Å². The van der Waals surface area contributed by atoms with E-state index in [0.29, 0.717) is 0 Å². The quantitative estimate of drug-likeness (QED) is 0.704. The van der Waals surface area contributed by atoms with Gasteiger partial charge in [0, 0.05) is 18.6 Å².